The van der Waals surface area contributed by atoms with Gasteiger partial charge in [-0.3, -0.25) is 9.89 Å². The number of benzene rings is 1. The second kappa shape index (κ2) is 3.77. The molecule has 0 radical (unpaired) electrons. The third kappa shape index (κ3) is 1.61. The average molecular weight is 202 g/mol. The van der Waals surface area contributed by atoms with Gasteiger partial charge in [-0.05, 0) is 25.0 Å². The Morgan fingerprint density at radius 1 is 1.33 bits per heavy atom. The fourth-order valence-corrected chi connectivity index (χ4v) is 1.65. The summed E-state index contributed by atoms with van der Waals surface area (Å²) in [7, 11) is 0. The smallest absolute Gasteiger partial charge is 0.274 e. The number of rotatable bonds is 2. The highest BCUT2D eigenvalue weighted by molar-refractivity contribution is 5.39. The summed E-state index contributed by atoms with van der Waals surface area (Å²) in [5.74, 6) is 0. The highest BCUT2D eigenvalue weighted by atomic mass is 16.1. The molecule has 1 N–H and O–H groups in total. The Hall–Kier alpha value is -1.77. The van der Waals surface area contributed by atoms with Crippen molar-refractivity contribution in [2.75, 3.05) is 0 Å². The van der Waals surface area contributed by atoms with Crippen molar-refractivity contribution in [3.8, 4) is 5.69 Å². The van der Waals surface area contributed by atoms with Crippen LogP contribution in [0.4, 0.5) is 0 Å². The van der Waals surface area contributed by atoms with Gasteiger partial charge in [0, 0.05) is 11.8 Å². The SMILES string of the molecule is CCc1c[nH]n(-c2ccccc2C)c1=O. The third-order valence-corrected chi connectivity index (χ3v) is 2.58. The zero-order valence-electron chi connectivity index (χ0n) is 8.95. The van der Waals surface area contributed by atoms with E-state index in [-0.39, 0.29) is 5.56 Å². The Balaban J connectivity index is 2.60. The van der Waals surface area contributed by atoms with Gasteiger partial charge in [0.25, 0.3) is 5.56 Å². The zero-order valence-corrected chi connectivity index (χ0v) is 8.95. The van der Waals surface area contributed by atoms with Crippen LogP contribution in [0.25, 0.3) is 5.69 Å². The van der Waals surface area contributed by atoms with Gasteiger partial charge in [0.1, 0.15) is 0 Å². The Bertz CT molecular complexity index is 522. The summed E-state index contributed by atoms with van der Waals surface area (Å²) in [4.78, 5) is 11.9. The Labute approximate surface area is 88.4 Å². The van der Waals surface area contributed by atoms with Crippen LogP contribution in [0.3, 0.4) is 0 Å². The second-order valence-electron chi connectivity index (χ2n) is 3.58. The van der Waals surface area contributed by atoms with E-state index in [1.54, 1.807) is 10.9 Å². The zero-order chi connectivity index (χ0) is 10.8. The Kier molecular flexibility index (Phi) is 2.46. The van der Waals surface area contributed by atoms with Crippen LogP contribution in [0.5, 0.6) is 0 Å². The van der Waals surface area contributed by atoms with Crippen LogP contribution in [-0.4, -0.2) is 9.78 Å². The first kappa shape index (κ1) is 9.77. The first-order valence-corrected chi connectivity index (χ1v) is 5.09. The number of aromatic nitrogens is 2. The molecule has 0 aliphatic rings. The first-order chi connectivity index (χ1) is 7.24. The van der Waals surface area contributed by atoms with Gasteiger partial charge in [0.15, 0.2) is 0 Å². The maximum Gasteiger partial charge on any atom is 0.274 e. The fraction of sp³-hybridized carbons (Fsp3) is 0.250. The normalized spacial score (nSPS) is 10.5. The molecule has 0 saturated heterocycles. The van der Waals surface area contributed by atoms with Gasteiger partial charge in [-0.15, -0.1) is 0 Å². The number of hydrogen-bond acceptors (Lipinski definition) is 1. The maximum atomic E-state index is 11.9. The molecule has 1 heterocycles. The number of aryl methyl sites for hydroxylation is 2. The van der Waals surface area contributed by atoms with Crippen molar-refractivity contribution in [3.05, 3.63) is 51.9 Å². The molecule has 0 aliphatic heterocycles. The van der Waals surface area contributed by atoms with Gasteiger partial charge in [-0.1, -0.05) is 25.1 Å². The van der Waals surface area contributed by atoms with Crippen molar-refractivity contribution in [3.63, 3.8) is 0 Å². The van der Waals surface area contributed by atoms with Gasteiger partial charge in [0.05, 0.1) is 5.69 Å². The number of aromatic amines is 1. The lowest BCUT2D eigenvalue weighted by Crippen LogP contribution is -2.17. The van der Waals surface area contributed by atoms with Gasteiger partial charge >= 0.3 is 0 Å². The van der Waals surface area contributed by atoms with Gasteiger partial charge in [0.2, 0.25) is 0 Å². The van der Waals surface area contributed by atoms with E-state index in [0.29, 0.717) is 0 Å². The Morgan fingerprint density at radius 2 is 2.07 bits per heavy atom. The molecule has 3 nitrogen and oxygen atoms in total. The molecule has 0 saturated carbocycles. The molecular formula is C12H14N2O. The molecule has 1 aromatic carbocycles. The summed E-state index contributed by atoms with van der Waals surface area (Å²) < 4.78 is 1.59. The largest absolute Gasteiger partial charge is 0.298 e. The van der Waals surface area contributed by atoms with Crippen LogP contribution in [-0.2, 0) is 6.42 Å². The van der Waals surface area contributed by atoms with E-state index in [1.807, 2.05) is 38.1 Å². The topological polar surface area (TPSA) is 37.8 Å². The van der Waals surface area contributed by atoms with Crippen molar-refractivity contribution >= 4 is 0 Å². The molecule has 3 heteroatoms. The monoisotopic (exact) mass is 202 g/mol. The van der Waals surface area contributed by atoms with Crippen LogP contribution >= 0.6 is 0 Å². The van der Waals surface area contributed by atoms with E-state index in [9.17, 15) is 4.79 Å². The van der Waals surface area contributed by atoms with Crippen LogP contribution in [0, 0.1) is 6.92 Å². The van der Waals surface area contributed by atoms with Crippen molar-refractivity contribution < 1.29 is 0 Å². The molecule has 0 bridgehead atoms. The van der Waals surface area contributed by atoms with E-state index >= 15 is 0 Å². The van der Waals surface area contributed by atoms with Crippen LogP contribution in [0.2, 0.25) is 0 Å². The summed E-state index contributed by atoms with van der Waals surface area (Å²) in [6.45, 7) is 3.97. The van der Waals surface area contributed by atoms with Crippen molar-refractivity contribution in [2.45, 2.75) is 20.3 Å². The lowest BCUT2D eigenvalue weighted by Gasteiger charge is -2.04. The molecule has 0 aliphatic carbocycles. The van der Waals surface area contributed by atoms with E-state index in [2.05, 4.69) is 5.10 Å². The minimum atomic E-state index is 0.0480. The van der Waals surface area contributed by atoms with Gasteiger partial charge < -0.3 is 0 Å². The molecule has 0 fully saturated rings. The predicted octanol–water partition coefficient (Wildman–Crippen LogP) is 2.04. The molecule has 0 spiro atoms. The molecule has 0 atom stereocenters. The quantitative estimate of drug-likeness (QED) is 0.795. The van der Waals surface area contributed by atoms with Crippen molar-refractivity contribution in [1.82, 2.24) is 9.78 Å². The Morgan fingerprint density at radius 3 is 2.67 bits per heavy atom. The summed E-state index contributed by atoms with van der Waals surface area (Å²) in [5.41, 5.74) is 2.87. The van der Waals surface area contributed by atoms with Crippen LogP contribution in [0.15, 0.2) is 35.3 Å². The van der Waals surface area contributed by atoms with Crippen molar-refractivity contribution in [1.29, 1.82) is 0 Å². The molecule has 0 unspecified atom stereocenters. The summed E-state index contributed by atoms with van der Waals surface area (Å²) in [5, 5.41) is 2.99. The minimum Gasteiger partial charge on any atom is -0.298 e. The van der Waals surface area contributed by atoms with Gasteiger partial charge in [-0.2, -0.15) is 0 Å². The van der Waals surface area contributed by atoms with E-state index < -0.39 is 0 Å². The third-order valence-electron chi connectivity index (χ3n) is 2.58. The predicted molar refractivity (Wildman–Crippen MR) is 60.5 cm³/mol. The molecule has 78 valence electrons. The van der Waals surface area contributed by atoms with E-state index in [4.69, 9.17) is 0 Å². The van der Waals surface area contributed by atoms with Crippen molar-refractivity contribution in [2.24, 2.45) is 0 Å². The lowest BCUT2D eigenvalue weighted by molar-refractivity contribution is 0.839. The maximum absolute atomic E-state index is 11.9. The summed E-state index contributed by atoms with van der Waals surface area (Å²) in [6, 6.07) is 7.83. The first-order valence-electron chi connectivity index (χ1n) is 5.09. The molecular weight excluding hydrogens is 188 g/mol. The summed E-state index contributed by atoms with van der Waals surface area (Å²) in [6.07, 6.45) is 2.53. The molecule has 15 heavy (non-hydrogen) atoms. The number of nitrogens with zero attached hydrogens (tertiary/aromatic N) is 1. The number of para-hydroxylation sites is 1. The number of hydrogen-bond donors (Lipinski definition) is 1. The molecule has 0 amide bonds. The highest BCUT2D eigenvalue weighted by Gasteiger charge is 2.06. The molecule has 1 aromatic heterocycles. The second-order valence-corrected chi connectivity index (χ2v) is 3.58. The number of nitrogens with one attached hydrogen (secondary N) is 1. The highest BCUT2D eigenvalue weighted by Crippen LogP contribution is 2.10. The standard InChI is InChI=1S/C12H14N2O/c1-3-10-8-13-14(12(10)15)11-7-5-4-6-9(11)2/h4-8,13H,3H2,1-2H3. The fourth-order valence-electron chi connectivity index (χ4n) is 1.65. The molecule has 2 aromatic rings. The minimum absolute atomic E-state index is 0.0480. The number of H-pyrrole nitrogens is 1. The van der Waals surface area contributed by atoms with Crippen LogP contribution < -0.4 is 5.56 Å². The van der Waals surface area contributed by atoms with E-state index in [1.165, 1.54) is 0 Å². The van der Waals surface area contributed by atoms with Gasteiger partial charge in [-0.25, -0.2) is 4.68 Å². The van der Waals surface area contributed by atoms with E-state index in [0.717, 1.165) is 23.2 Å². The summed E-state index contributed by atoms with van der Waals surface area (Å²) >= 11 is 0. The van der Waals surface area contributed by atoms with Crippen LogP contribution in [0.1, 0.15) is 18.1 Å². The molecule has 2 rings (SSSR count). The lowest BCUT2D eigenvalue weighted by atomic mass is 10.2. The average Bonchev–Trinajstić information content (AvgIpc) is 2.60.